The fourth-order valence-corrected chi connectivity index (χ4v) is 3.68. The third-order valence-electron chi connectivity index (χ3n) is 3.78. The van der Waals surface area contributed by atoms with Gasteiger partial charge in [-0.25, -0.2) is 0 Å². The maximum Gasteiger partial charge on any atom is 0.126 e. The van der Waals surface area contributed by atoms with Crippen LogP contribution in [0, 0.1) is 5.92 Å². The first-order valence-electron chi connectivity index (χ1n) is 6.68. The van der Waals surface area contributed by atoms with Crippen LogP contribution in [0.25, 0.3) is 0 Å². The summed E-state index contributed by atoms with van der Waals surface area (Å²) in [4.78, 5) is 0.251. The van der Waals surface area contributed by atoms with E-state index in [9.17, 15) is 0 Å². The van der Waals surface area contributed by atoms with Crippen molar-refractivity contribution in [1.82, 2.24) is 0 Å². The number of alkyl halides is 1. The van der Waals surface area contributed by atoms with E-state index in [2.05, 4.69) is 28.9 Å². The average Bonchev–Trinajstić information content (AvgIpc) is 2.94. The maximum absolute atomic E-state index is 5.78. The molecular weight excluding hydrogens is 308 g/mol. The molecule has 1 heterocycles. The molecule has 1 saturated heterocycles. The van der Waals surface area contributed by atoms with E-state index in [-0.39, 0.29) is 4.83 Å². The molecule has 1 fully saturated rings. The molecule has 3 nitrogen and oxygen atoms in total. The molecule has 0 amide bonds. The second kappa shape index (κ2) is 6.62. The molecule has 0 aliphatic carbocycles. The summed E-state index contributed by atoms with van der Waals surface area (Å²) in [6.45, 7) is 3.03. The molecule has 3 unspecified atom stereocenters. The average molecular weight is 329 g/mol. The lowest BCUT2D eigenvalue weighted by molar-refractivity contribution is 0.0871. The van der Waals surface area contributed by atoms with E-state index in [1.165, 1.54) is 0 Å². The molecule has 1 aromatic rings. The van der Waals surface area contributed by atoms with Gasteiger partial charge in [0.2, 0.25) is 0 Å². The van der Waals surface area contributed by atoms with E-state index in [1.807, 2.05) is 12.1 Å². The Balaban J connectivity index is 2.25. The third-order valence-corrected chi connectivity index (χ3v) is 4.95. The summed E-state index contributed by atoms with van der Waals surface area (Å²) < 4.78 is 16.5. The molecular formula is C15H21BrO3. The van der Waals surface area contributed by atoms with Gasteiger partial charge in [-0.3, -0.25) is 0 Å². The summed E-state index contributed by atoms with van der Waals surface area (Å²) in [5.74, 6) is 2.17. The Labute approximate surface area is 123 Å². The Morgan fingerprint density at radius 3 is 2.79 bits per heavy atom. The number of rotatable bonds is 5. The van der Waals surface area contributed by atoms with Gasteiger partial charge in [-0.2, -0.15) is 0 Å². The Hall–Kier alpha value is -0.740. The Morgan fingerprint density at radius 2 is 2.16 bits per heavy atom. The van der Waals surface area contributed by atoms with Crippen LogP contribution in [-0.2, 0) is 4.74 Å². The van der Waals surface area contributed by atoms with Crippen molar-refractivity contribution in [3.8, 4) is 11.5 Å². The van der Waals surface area contributed by atoms with Gasteiger partial charge < -0.3 is 14.2 Å². The van der Waals surface area contributed by atoms with Gasteiger partial charge >= 0.3 is 0 Å². The molecule has 1 aromatic carbocycles. The third kappa shape index (κ3) is 3.06. The van der Waals surface area contributed by atoms with E-state index >= 15 is 0 Å². The van der Waals surface area contributed by atoms with Crippen LogP contribution < -0.4 is 9.47 Å². The molecule has 3 atom stereocenters. The van der Waals surface area contributed by atoms with Crippen LogP contribution >= 0.6 is 15.9 Å². The topological polar surface area (TPSA) is 27.7 Å². The zero-order chi connectivity index (χ0) is 13.8. The molecule has 1 aliphatic rings. The van der Waals surface area contributed by atoms with Crippen LogP contribution in [0.4, 0.5) is 0 Å². The van der Waals surface area contributed by atoms with Crippen molar-refractivity contribution in [3.63, 3.8) is 0 Å². The van der Waals surface area contributed by atoms with Gasteiger partial charge in [-0.05, 0) is 18.9 Å². The predicted octanol–water partition coefficient (Wildman–Crippen LogP) is 3.95. The number of ether oxygens (including phenoxy) is 3. The molecule has 0 radical (unpaired) electrons. The summed E-state index contributed by atoms with van der Waals surface area (Å²) >= 11 is 3.83. The highest BCUT2D eigenvalue weighted by molar-refractivity contribution is 9.09. The molecule has 4 heteroatoms. The highest BCUT2D eigenvalue weighted by atomic mass is 79.9. The quantitative estimate of drug-likeness (QED) is 0.766. The monoisotopic (exact) mass is 328 g/mol. The fourth-order valence-electron chi connectivity index (χ4n) is 2.70. The van der Waals surface area contributed by atoms with Gasteiger partial charge in [0.25, 0.3) is 0 Å². The highest BCUT2D eigenvalue weighted by Crippen LogP contribution is 2.44. The first kappa shape index (κ1) is 14.7. The van der Waals surface area contributed by atoms with Crippen molar-refractivity contribution in [2.24, 2.45) is 5.92 Å². The molecule has 1 aliphatic heterocycles. The van der Waals surface area contributed by atoms with Crippen molar-refractivity contribution < 1.29 is 14.2 Å². The zero-order valence-electron chi connectivity index (χ0n) is 11.7. The number of hydrogen-bond acceptors (Lipinski definition) is 3. The van der Waals surface area contributed by atoms with Crippen LogP contribution in [0.15, 0.2) is 18.2 Å². The van der Waals surface area contributed by atoms with E-state index in [0.29, 0.717) is 12.0 Å². The minimum Gasteiger partial charge on any atom is -0.497 e. The fraction of sp³-hybridized carbons (Fsp3) is 0.600. The van der Waals surface area contributed by atoms with Crippen LogP contribution in [0.1, 0.15) is 30.2 Å². The minimum absolute atomic E-state index is 0.251. The molecule has 0 bridgehead atoms. The Bertz CT molecular complexity index is 422. The van der Waals surface area contributed by atoms with Gasteiger partial charge in [-0.1, -0.05) is 28.9 Å². The van der Waals surface area contributed by atoms with Gasteiger partial charge in [0.05, 0.1) is 20.3 Å². The van der Waals surface area contributed by atoms with Gasteiger partial charge in [0, 0.05) is 29.0 Å². The first-order chi connectivity index (χ1) is 9.21. The van der Waals surface area contributed by atoms with Crippen LogP contribution in [0.3, 0.4) is 0 Å². The SMILES string of the molecule is CCC1OCCC1C(Br)c1ccc(OC)cc1OC. The van der Waals surface area contributed by atoms with Crippen molar-refractivity contribution in [3.05, 3.63) is 23.8 Å². The molecule has 0 saturated carbocycles. The van der Waals surface area contributed by atoms with Gasteiger partial charge in [0.15, 0.2) is 0 Å². The van der Waals surface area contributed by atoms with Gasteiger partial charge in [-0.15, -0.1) is 0 Å². The standard InChI is InChI=1S/C15H21BrO3/c1-4-13-12(7-8-19-13)15(16)11-6-5-10(17-2)9-14(11)18-3/h5-6,9,12-13,15H,4,7-8H2,1-3H3. The second-order valence-corrected chi connectivity index (χ2v) is 5.77. The largest absolute Gasteiger partial charge is 0.497 e. The van der Waals surface area contributed by atoms with E-state index < -0.39 is 0 Å². The lowest BCUT2D eigenvalue weighted by atomic mass is 9.91. The van der Waals surface area contributed by atoms with E-state index in [0.717, 1.165) is 36.5 Å². The van der Waals surface area contributed by atoms with Crippen molar-refractivity contribution in [1.29, 1.82) is 0 Å². The Morgan fingerprint density at radius 1 is 1.37 bits per heavy atom. The Kier molecular flexibility index (Phi) is 5.11. The van der Waals surface area contributed by atoms with Crippen LogP contribution in [0.5, 0.6) is 11.5 Å². The second-order valence-electron chi connectivity index (χ2n) is 4.78. The summed E-state index contributed by atoms with van der Waals surface area (Å²) in [5.41, 5.74) is 1.16. The maximum atomic E-state index is 5.78. The smallest absolute Gasteiger partial charge is 0.126 e. The number of hydrogen-bond donors (Lipinski definition) is 0. The van der Waals surface area contributed by atoms with E-state index in [4.69, 9.17) is 14.2 Å². The molecule has 106 valence electrons. The zero-order valence-corrected chi connectivity index (χ0v) is 13.3. The van der Waals surface area contributed by atoms with Crippen molar-refractivity contribution >= 4 is 15.9 Å². The lowest BCUT2D eigenvalue weighted by Gasteiger charge is -2.24. The van der Waals surface area contributed by atoms with Crippen LogP contribution in [0.2, 0.25) is 0 Å². The summed E-state index contributed by atoms with van der Waals surface area (Å²) in [7, 11) is 3.36. The van der Waals surface area contributed by atoms with Crippen molar-refractivity contribution in [2.75, 3.05) is 20.8 Å². The minimum atomic E-state index is 0.251. The van der Waals surface area contributed by atoms with Crippen LogP contribution in [-0.4, -0.2) is 26.9 Å². The normalized spacial score (nSPS) is 24.2. The lowest BCUT2D eigenvalue weighted by Crippen LogP contribution is -2.19. The molecule has 0 aromatic heterocycles. The summed E-state index contributed by atoms with van der Waals surface area (Å²) in [6, 6.07) is 5.98. The predicted molar refractivity (Wildman–Crippen MR) is 79.4 cm³/mol. The molecule has 19 heavy (non-hydrogen) atoms. The van der Waals surface area contributed by atoms with E-state index in [1.54, 1.807) is 14.2 Å². The first-order valence-corrected chi connectivity index (χ1v) is 7.60. The molecule has 0 N–H and O–H groups in total. The number of halogens is 1. The van der Waals surface area contributed by atoms with Gasteiger partial charge in [0.1, 0.15) is 11.5 Å². The molecule has 2 rings (SSSR count). The molecule has 0 spiro atoms. The summed E-state index contributed by atoms with van der Waals surface area (Å²) in [6.07, 6.45) is 2.46. The number of benzene rings is 1. The number of methoxy groups -OCH3 is 2. The summed E-state index contributed by atoms with van der Waals surface area (Å²) in [5, 5.41) is 0. The highest BCUT2D eigenvalue weighted by Gasteiger charge is 2.34. The van der Waals surface area contributed by atoms with Crippen molar-refractivity contribution in [2.45, 2.75) is 30.7 Å².